The lowest BCUT2D eigenvalue weighted by molar-refractivity contribution is -0.137. The average Bonchev–Trinajstić information content (AvgIpc) is 2.64. The van der Waals surface area contributed by atoms with Crippen molar-refractivity contribution in [1.29, 1.82) is 0 Å². The molecule has 8 heteroatoms. The van der Waals surface area contributed by atoms with E-state index in [4.69, 9.17) is 5.11 Å². The second kappa shape index (κ2) is 6.69. The summed E-state index contributed by atoms with van der Waals surface area (Å²) < 4.78 is 25.4. The lowest BCUT2D eigenvalue weighted by Gasteiger charge is -2.02. The van der Waals surface area contributed by atoms with E-state index in [0.717, 1.165) is 5.69 Å². The maximum absolute atomic E-state index is 11.5. The summed E-state index contributed by atoms with van der Waals surface area (Å²) in [5.41, 5.74) is 0.718. The van der Waals surface area contributed by atoms with Gasteiger partial charge in [-0.15, -0.1) is 11.3 Å². The molecule has 102 valence electrons. The number of carbonyl (C=O) groups is 1. The van der Waals surface area contributed by atoms with Gasteiger partial charge in [0.1, 0.15) is 0 Å². The van der Waals surface area contributed by atoms with Crippen molar-refractivity contribution in [3.05, 3.63) is 11.1 Å². The molecule has 1 rings (SSSR count). The molecule has 0 amide bonds. The van der Waals surface area contributed by atoms with Crippen LogP contribution in [0.25, 0.3) is 0 Å². The van der Waals surface area contributed by atoms with Gasteiger partial charge in [0.15, 0.2) is 5.13 Å². The fourth-order valence-electron chi connectivity index (χ4n) is 1.34. The van der Waals surface area contributed by atoms with Crippen molar-refractivity contribution >= 4 is 32.5 Å². The van der Waals surface area contributed by atoms with Crippen LogP contribution in [0.4, 0.5) is 5.13 Å². The molecular formula is C10H16N2O4S2. The Morgan fingerprint density at radius 3 is 2.89 bits per heavy atom. The monoisotopic (exact) mass is 292 g/mol. The standard InChI is InChI=1S/C10H16N2O4S2/c1-2-6-18(15,16)12-10-11-8(7-17-10)4-3-5-9(13)14/h7H,2-6H2,1H3,(H,11,12)(H,13,14). The lowest BCUT2D eigenvalue weighted by Crippen LogP contribution is -2.15. The van der Waals surface area contributed by atoms with Crippen molar-refractivity contribution in [3.63, 3.8) is 0 Å². The van der Waals surface area contributed by atoms with E-state index >= 15 is 0 Å². The Balaban J connectivity index is 2.50. The first-order chi connectivity index (χ1) is 8.43. The van der Waals surface area contributed by atoms with E-state index in [1.54, 1.807) is 12.3 Å². The van der Waals surface area contributed by atoms with Gasteiger partial charge in [0.25, 0.3) is 0 Å². The van der Waals surface area contributed by atoms with E-state index in [-0.39, 0.29) is 12.2 Å². The second-order valence-electron chi connectivity index (χ2n) is 3.81. The first-order valence-electron chi connectivity index (χ1n) is 5.59. The zero-order chi connectivity index (χ0) is 13.6. The van der Waals surface area contributed by atoms with Crippen molar-refractivity contribution in [3.8, 4) is 0 Å². The molecule has 0 radical (unpaired) electrons. The van der Waals surface area contributed by atoms with Crippen LogP contribution in [0.15, 0.2) is 5.38 Å². The van der Waals surface area contributed by atoms with Crippen molar-refractivity contribution in [2.24, 2.45) is 0 Å². The maximum atomic E-state index is 11.5. The van der Waals surface area contributed by atoms with Crippen molar-refractivity contribution < 1.29 is 18.3 Å². The summed E-state index contributed by atoms with van der Waals surface area (Å²) in [5.74, 6) is -0.768. The molecule has 0 fully saturated rings. The topological polar surface area (TPSA) is 96.4 Å². The summed E-state index contributed by atoms with van der Waals surface area (Å²) in [5, 5.41) is 10.6. The van der Waals surface area contributed by atoms with Crippen molar-refractivity contribution in [2.75, 3.05) is 10.5 Å². The summed E-state index contributed by atoms with van der Waals surface area (Å²) in [6.45, 7) is 1.79. The number of aliphatic carboxylic acids is 1. The lowest BCUT2D eigenvalue weighted by atomic mass is 10.2. The highest BCUT2D eigenvalue weighted by atomic mass is 32.2. The number of rotatable bonds is 8. The number of hydrogen-bond donors (Lipinski definition) is 2. The van der Waals surface area contributed by atoms with Crippen LogP contribution >= 0.6 is 11.3 Å². The predicted octanol–water partition coefficient (Wildman–Crippen LogP) is 1.70. The van der Waals surface area contributed by atoms with Gasteiger partial charge in [-0.05, 0) is 19.3 Å². The number of aromatic nitrogens is 1. The molecule has 18 heavy (non-hydrogen) atoms. The molecule has 0 aliphatic carbocycles. The highest BCUT2D eigenvalue weighted by Gasteiger charge is 2.11. The van der Waals surface area contributed by atoms with Gasteiger partial charge in [0.05, 0.1) is 11.4 Å². The fraction of sp³-hybridized carbons (Fsp3) is 0.600. The van der Waals surface area contributed by atoms with E-state index in [1.807, 2.05) is 0 Å². The first-order valence-corrected chi connectivity index (χ1v) is 8.13. The summed E-state index contributed by atoms with van der Waals surface area (Å²) in [4.78, 5) is 14.5. The molecule has 1 heterocycles. The quantitative estimate of drug-likeness (QED) is 0.760. The maximum Gasteiger partial charge on any atom is 0.303 e. The first kappa shape index (κ1) is 14.9. The highest BCUT2D eigenvalue weighted by Crippen LogP contribution is 2.18. The molecule has 1 aromatic heterocycles. The number of carboxylic acid groups (broad SMARTS) is 1. The van der Waals surface area contributed by atoms with Crippen LogP contribution in [0.5, 0.6) is 0 Å². The minimum atomic E-state index is -3.30. The number of carboxylic acids is 1. The van der Waals surface area contributed by atoms with Gasteiger partial charge in [0.2, 0.25) is 10.0 Å². The van der Waals surface area contributed by atoms with Gasteiger partial charge >= 0.3 is 5.97 Å². The van der Waals surface area contributed by atoms with E-state index in [1.165, 1.54) is 11.3 Å². The minimum Gasteiger partial charge on any atom is -0.481 e. The minimum absolute atomic E-state index is 0.0704. The predicted molar refractivity (Wildman–Crippen MR) is 70.4 cm³/mol. The normalized spacial score (nSPS) is 11.4. The number of hydrogen-bond acceptors (Lipinski definition) is 5. The highest BCUT2D eigenvalue weighted by molar-refractivity contribution is 7.92. The molecule has 0 aliphatic rings. The molecule has 0 aliphatic heterocycles. The van der Waals surface area contributed by atoms with Gasteiger partial charge in [-0.25, -0.2) is 13.4 Å². The molecule has 0 aromatic carbocycles. The van der Waals surface area contributed by atoms with Gasteiger partial charge in [0, 0.05) is 11.8 Å². The number of nitrogens with zero attached hydrogens (tertiary/aromatic N) is 1. The molecule has 0 saturated heterocycles. The van der Waals surface area contributed by atoms with Crippen LogP contribution in [-0.2, 0) is 21.2 Å². The van der Waals surface area contributed by atoms with Crippen molar-refractivity contribution in [2.45, 2.75) is 32.6 Å². The van der Waals surface area contributed by atoms with Gasteiger partial charge in [-0.3, -0.25) is 9.52 Å². The second-order valence-corrected chi connectivity index (χ2v) is 6.51. The zero-order valence-electron chi connectivity index (χ0n) is 10.0. The Bertz CT molecular complexity index is 496. The molecule has 1 aromatic rings. The van der Waals surface area contributed by atoms with Crippen LogP contribution in [0.3, 0.4) is 0 Å². The van der Waals surface area contributed by atoms with Crippen LogP contribution in [-0.4, -0.2) is 30.2 Å². The summed E-state index contributed by atoms with van der Waals surface area (Å²) in [7, 11) is -3.30. The Morgan fingerprint density at radius 1 is 1.56 bits per heavy atom. The Hall–Kier alpha value is -1.15. The third-order valence-corrected chi connectivity index (χ3v) is 4.48. The number of aryl methyl sites for hydroxylation is 1. The Labute approximate surface area is 110 Å². The summed E-state index contributed by atoms with van der Waals surface area (Å²) >= 11 is 1.21. The molecule has 0 saturated carbocycles. The van der Waals surface area contributed by atoms with E-state index in [9.17, 15) is 13.2 Å². The van der Waals surface area contributed by atoms with Gasteiger partial charge in [-0.2, -0.15) is 0 Å². The molecular weight excluding hydrogens is 276 g/mol. The van der Waals surface area contributed by atoms with Gasteiger partial charge in [-0.1, -0.05) is 6.92 Å². The van der Waals surface area contributed by atoms with Crippen LogP contribution in [0.2, 0.25) is 0 Å². The molecule has 0 spiro atoms. The fourth-order valence-corrected chi connectivity index (χ4v) is 3.45. The zero-order valence-corrected chi connectivity index (χ0v) is 11.7. The van der Waals surface area contributed by atoms with E-state index < -0.39 is 16.0 Å². The number of anilines is 1. The summed E-state index contributed by atoms with van der Waals surface area (Å²) in [6, 6.07) is 0. The Kier molecular flexibility index (Phi) is 5.54. The SMILES string of the molecule is CCCS(=O)(=O)Nc1nc(CCCC(=O)O)cs1. The molecule has 2 N–H and O–H groups in total. The van der Waals surface area contributed by atoms with Crippen LogP contribution in [0.1, 0.15) is 31.9 Å². The number of thiazole rings is 1. The molecule has 6 nitrogen and oxygen atoms in total. The van der Waals surface area contributed by atoms with Crippen LogP contribution < -0.4 is 4.72 Å². The summed E-state index contributed by atoms with van der Waals surface area (Å²) in [6.07, 6.45) is 1.68. The molecule has 0 atom stereocenters. The third kappa shape index (κ3) is 5.46. The average molecular weight is 292 g/mol. The molecule has 0 bridgehead atoms. The molecule has 0 unspecified atom stereocenters. The van der Waals surface area contributed by atoms with E-state index in [2.05, 4.69) is 9.71 Å². The Morgan fingerprint density at radius 2 is 2.28 bits per heavy atom. The van der Waals surface area contributed by atoms with Crippen LogP contribution in [0, 0.1) is 0 Å². The third-order valence-electron chi connectivity index (χ3n) is 2.09. The van der Waals surface area contributed by atoms with E-state index in [0.29, 0.717) is 24.4 Å². The number of sulfonamides is 1. The smallest absolute Gasteiger partial charge is 0.303 e. The largest absolute Gasteiger partial charge is 0.481 e. The van der Waals surface area contributed by atoms with Gasteiger partial charge < -0.3 is 5.11 Å². The van der Waals surface area contributed by atoms with Crippen molar-refractivity contribution in [1.82, 2.24) is 4.98 Å². The number of nitrogens with one attached hydrogen (secondary N) is 1.